The van der Waals surface area contributed by atoms with Crippen molar-refractivity contribution in [3.63, 3.8) is 0 Å². The molecule has 0 aliphatic heterocycles. The lowest BCUT2D eigenvalue weighted by atomic mass is 10.2. The summed E-state index contributed by atoms with van der Waals surface area (Å²) in [6, 6.07) is -0.0656. The number of H-pyrrole nitrogens is 1. The maximum atomic E-state index is 12.0. The molecule has 0 amide bonds. The van der Waals surface area contributed by atoms with Crippen molar-refractivity contribution in [2.24, 2.45) is 19.8 Å². The van der Waals surface area contributed by atoms with E-state index in [-0.39, 0.29) is 6.04 Å². The monoisotopic (exact) mass is 296 g/mol. The first-order valence-electron chi connectivity index (χ1n) is 6.59. The predicted molar refractivity (Wildman–Crippen MR) is 79.5 cm³/mol. The first-order valence-corrected chi connectivity index (χ1v) is 6.59. The van der Waals surface area contributed by atoms with Gasteiger partial charge >= 0.3 is 5.69 Å². The topological polar surface area (TPSA) is 120 Å². The van der Waals surface area contributed by atoms with Crippen LogP contribution in [-0.4, -0.2) is 45.4 Å². The van der Waals surface area contributed by atoms with Crippen molar-refractivity contribution in [3.05, 3.63) is 20.8 Å². The molecule has 116 valence electrons. The zero-order chi connectivity index (χ0) is 15.6. The number of hydrogen-bond acceptors (Lipinski definition) is 6. The van der Waals surface area contributed by atoms with E-state index in [0.29, 0.717) is 36.7 Å². The van der Waals surface area contributed by atoms with Crippen LogP contribution >= 0.6 is 0 Å². The fraction of sp³-hybridized carbons (Fsp3) is 0.583. The Balaban J connectivity index is 2.20. The molecule has 0 saturated heterocycles. The second kappa shape index (κ2) is 6.10. The van der Waals surface area contributed by atoms with E-state index in [2.05, 4.69) is 15.3 Å². The highest BCUT2D eigenvalue weighted by Crippen LogP contribution is 2.08. The van der Waals surface area contributed by atoms with Gasteiger partial charge in [-0.3, -0.25) is 13.9 Å². The lowest BCUT2D eigenvalue weighted by Gasteiger charge is -2.09. The lowest BCUT2D eigenvalue weighted by molar-refractivity contribution is 0.178. The van der Waals surface area contributed by atoms with Crippen molar-refractivity contribution in [1.82, 2.24) is 19.1 Å². The standard InChI is InChI=1S/C12H20N6O3/c1-17-9-8(10(19)18(2)12(17)20)15-11(16-9)14-5-4-7(13)6-21-3/h7H,4-6,13H2,1-3H3,(H2,14,15,16). The molecule has 1 unspecified atom stereocenters. The number of nitrogens with zero attached hydrogens (tertiary/aromatic N) is 3. The number of nitrogens with two attached hydrogens (primary N) is 1. The zero-order valence-electron chi connectivity index (χ0n) is 12.3. The van der Waals surface area contributed by atoms with Crippen LogP contribution in [0.15, 0.2) is 9.59 Å². The highest BCUT2D eigenvalue weighted by molar-refractivity contribution is 5.72. The van der Waals surface area contributed by atoms with Crippen molar-refractivity contribution in [2.45, 2.75) is 12.5 Å². The van der Waals surface area contributed by atoms with Crippen molar-refractivity contribution >= 4 is 17.1 Å². The maximum Gasteiger partial charge on any atom is 0.332 e. The van der Waals surface area contributed by atoms with Gasteiger partial charge in [-0.25, -0.2) is 4.79 Å². The van der Waals surface area contributed by atoms with Crippen molar-refractivity contribution in [3.8, 4) is 0 Å². The molecule has 0 spiro atoms. The SMILES string of the molecule is COCC(N)CCNc1nc2c([nH]1)c(=O)n(C)c(=O)n2C. The van der Waals surface area contributed by atoms with Crippen molar-refractivity contribution in [1.29, 1.82) is 0 Å². The molecule has 0 radical (unpaired) electrons. The Morgan fingerprint density at radius 2 is 2.10 bits per heavy atom. The number of methoxy groups -OCH3 is 1. The Morgan fingerprint density at radius 1 is 1.38 bits per heavy atom. The van der Waals surface area contributed by atoms with Crippen molar-refractivity contribution in [2.75, 3.05) is 25.6 Å². The molecule has 2 aromatic rings. The molecule has 4 N–H and O–H groups in total. The molecule has 9 nitrogen and oxygen atoms in total. The van der Waals surface area contributed by atoms with Gasteiger partial charge in [-0.05, 0) is 6.42 Å². The van der Waals surface area contributed by atoms with E-state index in [4.69, 9.17) is 10.5 Å². The van der Waals surface area contributed by atoms with Gasteiger partial charge in [0.15, 0.2) is 11.2 Å². The number of hydrogen-bond donors (Lipinski definition) is 3. The normalized spacial score (nSPS) is 12.8. The molecule has 9 heteroatoms. The molecule has 0 fully saturated rings. The summed E-state index contributed by atoms with van der Waals surface area (Å²) in [5, 5.41) is 3.05. The van der Waals surface area contributed by atoms with Gasteiger partial charge in [0.05, 0.1) is 6.61 Å². The summed E-state index contributed by atoms with van der Waals surface area (Å²) in [5.74, 6) is 0.438. The van der Waals surface area contributed by atoms with Gasteiger partial charge < -0.3 is 20.8 Å². The van der Waals surface area contributed by atoms with Crippen LogP contribution in [0.3, 0.4) is 0 Å². The van der Waals surface area contributed by atoms with Gasteiger partial charge in [-0.1, -0.05) is 0 Å². The Hall–Kier alpha value is -2.13. The molecule has 2 rings (SSSR count). The molecule has 0 aliphatic rings. The van der Waals surface area contributed by atoms with E-state index in [1.165, 1.54) is 11.6 Å². The van der Waals surface area contributed by atoms with Crippen LogP contribution in [0.25, 0.3) is 11.2 Å². The quantitative estimate of drug-likeness (QED) is 0.612. The number of anilines is 1. The largest absolute Gasteiger partial charge is 0.383 e. The fourth-order valence-corrected chi connectivity index (χ4v) is 2.08. The van der Waals surface area contributed by atoms with Gasteiger partial charge in [0.25, 0.3) is 5.56 Å². The number of aromatic amines is 1. The molecule has 0 aliphatic carbocycles. The van der Waals surface area contributed by atoms with Gasteiger partial charge in [-0.15, -0.1) is 0 Å². The third kappa shape index (κ3) is 2.98. The average molecular weight is 296 g/mol. The summed E-state index contributed by atoms with van der Waals surface area (Å²) in [7, 11) is 4.61. The molecular formula is C12H20N6O3. The number of ether oxygens (including phenoxy) is 1. The summed E-state index contributed by atoms with van der Waals surface area (Å²) >= 11 is 0. The number of aromatic nitrogens is 4. The first kappa shape index (κ1) is 15.3. The predicted octanol–water partition coefficient (Wildman–Crippen LogP) is -1.26. The van der Waals surface area contributed by atoms with E-state index in [1.807, 2.05) is 0 Å². The highest BCUT2D eigenvalue weighted by Gasteiger charge is 2.13. The highest BCUT2D eigenvalue weighted by atomic mass is 16.5. The number of nitrogens with one attached hydrogen (secondary N) is 2. The zero-order valence-corrected chi connectivity index (χ0v) is 12.3. The second-order valence-corrected chi connectivity index (χ2v) is 4.92. The molecule has 0 bridgehead atoms. The Bertz CT molecular complexity index is 744. The lowest BCUT2D eigenvalue weighted by Crippen LogP contribution is -2.36. The molecule has 0 aromatic carbocycles. The van der Waals surface area contributed by atoms with Crippen LogP contribution in [0.2, 0.25) is 0 Å². The number of aryl methyl sites for hydroxylation is 1. The molecular weight excluding hydrogens is 276 g/mol. The summed E-state index contributed by atoms with van der Waals surface area (Å²) in [4.78, 5) is 30.9. The van der Waals surface area contributed by atoms with E-state index in [0.717, 1.165) is 4.57 Å². The molecule has 2 heterocycles. The van der Waals surface area contributed by atoms with Gasteiger partial charge in [0.1, 0.15) is 0 Å². The van der Waals surface area contributed by atoms with Crippen LogP contribution in [0.1, 0.15) is 6.42 Å². The van der Waals surface area contributed by atoms with E-state index < -0.39 is 11.2 Å². The van der Waals surface area contributed by atoms with Gasteiger partial charge in [0, 0.05) is 33.8 Å². The summed E-state index contributed by atoms with van der Waals surface area (Å²) < 4.78 is 7.32. The van der Waals surface area contributed by atoms with Crippen LogP contribution in [-0.2, 0) is 18.8 Å². The van der Waals surface area contributed by atoms with E-state index in [1.54, 1.807) is 14.2 Å². The summed E-state index contributed by atoms with van der Waals surface area (Å²) in [5.41, 5.74) is 5.63. The van der Waals surface area contributed by atoms with Gasteiger partial charge in [0.2, 0.25) is 5.95 Å². The molecule has 21 heavy (non-hydrogen) atoms. The minimum Gasteiger partial charge on any atom is -0.383 e. The third-order valence-electron chi connectivity index (χ3n) is 3.28. The maximum absolute atomic E-state index is 12.0. The Labute approximate surface area is 120 Å². The van der Waals surface area contributed by atoms with Crippen LogP contribution < -0.4 is 22.3 Å². The minimum atomic E-state index is -0.410. The third-order valence-corrected chi connectivity index (χ3v) is 3.28. The molecule has 2 aromatic heterocycles. The summed E-state index contributed by atoms with van der Waals surface area (Å²) in [6.45, 7) is 1.06. The van der Waals surface area contributed by atoms with Crippen molar-refractivity contribution < 1.29 is 4.74 Å². The Morgan fingerprint density at radius 3 is 2.76 bits per heavy atom. The number of fused-ring (bicyclic) bond motifs is 1. The number of imidazole rings is 1. The fourth-order valence-electron chi connectivity index (χ4n) is 2.08. The molecule has 0 saturated carbocycles. The first-order chi connectivity index (χ1) is 9.95. The minimum absolute atomic E-state index is 0.0656. The van der Waals surface area contributed by atoms with Gasteiger partial charge in [-0.2, -0.15) is 4.98 Å². The second-order valence-electron chi connectivity index (χ2n) is 4.92. The average Bonchev–Trinajstić information content (AvgIpc) is 2.87. The smallest absolute Gasteiger partial charge is 0.332 e. The van der Waals surface area contributed by atoms with E-state index >= 15 is 0 Å². The summed E-state index contributed by atoms with van der Waals surface area (Å²) in [6.07, 6.45) is 0.696. The van der Waals surface area contributed by atoms with Crippen LogP contribution in [0.4, 0.5) is 5.95 Å². The van der Waals surface area contributed by atoms with Crippen LogP contribution in [0.5, 0.6) is 0 Å². The molecule has 1 atom stereocenters. The Kier molecular flexibility index (Phi) is 4.43. The van der Waals surface area contributed by atoms with E-state index in [9.17, 15) is 9.59 Å². The van der Waals surface area contributed by atoms with Crippen LogP contribution in [0, 0.1) is 0 Å². The number of rotatable bonds is 6.